The minimum absolute atomic E-state index is 0.0229. The molecule has 1 amide bonds. The number of nitrogens with zero attached hydrogens (tertiary/aromatic N) is 2. The number of thioether (sulfide) groups is 1. The molecule has 4 rings (SSSR count). The Morgan fingerprint density at radius 2 is 2.03 bits per heavy atom. The van der Waals surface area contributed by atoms with E-state index < -0.39 is 0 Å². The second kappa shape index (κ2) is 9.28. The number of hydrogen-bond donors (Lipinski definition) is 2. The van der Waals surface area contributed by atoms with Gasteiger partial charge in [0.15, 0.2) is 4.34 Å². The molecule has 1 heterocycles. The first-order valence-corrected chi connectivity index (χ1v) is 11.3. The summed E-state index contributed by atoms with van der Waals surface area (Å²) in [5, 5.41) is 15.3. The van der Waals surface area contributed by atoms with Crippen molar-refractivity contribution in [3.05, 3.63) is 53.6 Å². The monoisotopic (exact) mass is 426 g/mol. The molecule has 8 heteroatoms. The molecule has 1 aliphatic rings. The van der Waals surface area contributed by atoms with Crippen LogP contribution in [-0.2, 0) is 17.6 Å². The Morgan fingerprint density at radius 3 is 2.93 bits per heavy atom. The van der Waals surface area contributed by atoms with Gasteiger partial charge in [0, 0.05) is 29.6 Å². The zero-order valence-electron chi connectivity index (χ0n) is 16.1. The second-order valence-electron chi connectivity index (χ2n) is 6.71. The van der Waals surface area contributed by atoms with E-state index in [4.69, 9.17) is 4.74 Å². The number of aryl methyl sites for hydroxylation is 2. The molecular weight excluding hydrogens is 404 g/mol. The summed E-state index contributed by atoms with van der Waals surface area (Å²) < 4.78 is 6.06. The number of amides is 1. The average molecular weight is 427 g/mol. The number of rotatable bonds is 8. The number of carbonyl (C=O) groups is 1. The Morgan fingerprint density at radius 1 is 1.14 bits per heavy atom. The number of nitrogens with one attached hydrogen (secondary N) is 2. The minimum atomic E-state index is 0.0229. The van der Waals surface area contributed by atoms with Gasteiger partial charge in [-0.1, -0.05) is 35.2 Å². The van der Waals surface area contributed by atoms with Crippen LogP contribution < -0.4 is 15.4 Å². The van der Waals surface area contributed by atoms with Gasteiger partial charge in [0.2, 0.25) is 11.0 Å². The Labute approximate surface area is 178 Å². The van der Waals surface area contributed by atoms with Gasteiger partial charge >= 0.3 is 0 Å². The lowest BCUT2D eigenvalue weighted by molar-refractivity contribution is -0.115. The van der Waals surface area contributed by atoms with Gasteiger partial charge < -0.3 is 15.4 Å². The van der Waals surface area contributed by atoms with Crippen LogP contribution in [0, 0.1) is 0 Å². The van der Waals surface area contributed by atoms with Crippen LogP contribution in [0.25, 0.3) is 0 Å². The number of benzene rings is 2. The van der Waals surface area contributed by atoms with Crippen LogP contribution in [0.1, 0.15) is 24.0 Å². The van der Waals surface area contributed by atoms with Crippen LogP contribution >= 0.6 is 23.1 Å². The molecule has 150 valence electrons. The fraction of sp³-hybridized carbons (Fsp3) is 0.286. The molecule has 0 saturated heterocycles. The van der Waals surface area contributed by atoms with E-state index in [2.05, 4.69) is 33.0 Å². The Balaban J connectivity index is 1.24. The molecule has 6 nitrogen and oxygen atoms in total. The maximum absolute atomic E-state index is 12.2. The van der Waals surface area contributed by atoms with Gasteiger partial charge in [-0.2, -0.15) is 0 Å². The summed E-state index contributed by atoms with van der Waals surface area (Å²) in [6.07, 6.45) is 3.90. The van der Waals surface area contributed by atoms with Crippen molar-refractivity contribution in [3.8, 4) is 5.75 Å². The van der Waals surface area contributed by atoms with E-state index in [-0.39, 0.29) is 5.91 Å². The number of methoxy groups -OCH3 is 1. The van der Waals surface area contributed by atoms with Crippen molar-refractivity contribution in [2.75, 3.05) is 23.5 Å². The molecule has 0 unspecified atom stereocenters. The van der Waals surface area contributed by atoms with Crippen molar-refractivity contribution in [1.29, 1.82) is 0 Å². The van der Waals surface area contributed by atoms with Crippen molar-refractivity contribution in [3.63, 3.8) is 0 Å². The van der Waals surface area contributed by atoms with Crippen LogP contribution in [0.15, 0.2) is 46.8 Å². The molecule has 0 fully saturated rings. The first kappa shape index (κ1) is 19.7. The van der Waals surface area contributed by atoms with E-state index in [1.807, 2.05) is 30.3 Å². The Hall–Kier alpha value is -2.58. The van der Waals surface area contributed by atoms with Crippen molar-refractivity contribution in [2.24, 2.45) is 0 Å². The summed E-state index contributed by atoms with van der Waals surface area (Å²) in [5.74, 6) is 1.46. The summed E-state index contributed by atoms with van der Waals surface area (Å²) in [6.45, 7) is 0. The fourth-order valence-corrected chi connectivity index (χ4v) is 5.03. The number of aromatic nitrogens is 2. The maximum Gasteiger partial charge on any atom is 0.225 e. The van der Waals surface area contributed by atoms with Crippen molar-refractivity contribution in [1.82, 2.24) is 10.2 Å². The molecule has 2 N–H and O–H groups in total. The molecule has 0 radical (unpaired) electrons. The zero-order chi connectivity index (χ0) is 20.1. The number of ether oxygens (including phenoxy) is 1. The van der Waals surface area contributed by atoms with Crippen LogP contribution in [-0.4, -0.2) is 29.0 Å². The summed E-state index contributed by atoms with van der Waals surface area (Å²) in [5.41, 5.74) is 4.56. The summed E-state index contributed by atoms with van der Waals surface area (Å²) in [4.78, 5) is 12.2. The second-order valence-corrected chi connectivity index (χ2v) is 9.03. The molecule has 0 spiro atoms. The van der Waals surface area contributed by atoms with E-state index in [1.165, 1.54) is 40.6 Å². The molecule has 3 aromatic rings. The van der Waals surface area contributed by atoms with E-state index in [0.717, 1.165) is 34.3 Å². The first-order chi connectivity index (χ1) is 14.2. The highest BCUT2D eigenvalue weighted by atomic mass is 32.2. The number of hydrogen-bond acceptors (Lipinski definition) is 7. The number of fused-ring (bicyclic) bond motifs is 1. The van der Waals surface area contributed by atoms with Gasteiger partial charge in [0.05, 0.1) is 7.11 Å². The Kier molecular flexibility index (Phi) is 6.31. The summed E-state index contributed by atoms with van der Waals surface area (Å²) >= 11 is 3.01. The smallest absolute Gasteiger partial charge is 0.225 e. The van der Waals surface area contributed by atoms with Gasteiger partial charge in [-0.3, -0.25) is 4.79 Å². The largest absolute Gasteiger partial charge is 0.497 e. The van der Waals surface area contributed by atoms with Gasteiger partial charge in [0.1, 0.15) is 5.75 Å². The molecule has 0 saturated carbocycles. The first-order valence-electron chi connectivity index (χ1n) is 9.48. The molecule has 1 aromatic heterocycles. The van der Waals surface area contributed by atoms with Crippen LogP contribution in [0.5, 0.6) is 5.75 Å². The van der Waals surface area contributed by atoms with Crippen LogP contribution in [0.2, 0.25) is 0 Å². The van der Waals surface area contributed by atoms with E-state index >= 15 is 0 Å². The lowest BCUT2D eigenvalue weighted by Gasteiger charge is -2.07. The van der Waals surface area contributed by atoms with E-state index in [9.17, 15) is 4.79 Å². The third-order valence-electron chi connectivity index (χ3n) is 4.66. The average Bonchev–Trinajstić information content (AvgIpc) is 3.37. The predicted molar refractivity (Wildman–Crippen MR) is 119 cm³/mol. The van der Waals surface area contributed by atoms with Gasteiger partial charge in [-0.05, 0) is 54.7 Å². The van der Waals surface area contributed by atoms with Gasteiger partial charge in [-0.15, -0.1) is 10.2 Å². The third kappa shape index (κ3) is 5.27. The molecule has 0 atom stereocenters. The molecule has 29 heavy (non-hydrogen) atoms. The Bertz CT molecular complexity index is 1010. The van der Waals surface area contributed by atoms with Crippen molar-refractivity contribution in [2.45, 2.75) is 30.0 Å². The lowest BCUT2D eigenvalue weighted by Crippen LogP contribution is -2.12. The third-order valence-corrected chi connectivity index (χ3v) is 6.64. The normalized spacial score (nSPS) is 12.4. The minimum Gasteiger partial charge on any atom is -0.497 e. The molecule has 0 bridgehead atoms. The quantitative estimate of drug-likeness (QED) is 0.499. The maximum atomic E-state index is 12.2. The highest BCUT2D eigenvalue weighted by molar-refractivity contribution is 8.01. The predicted octanol–water partition coefficient (Wildman–Crippen LogP) is 4.90. The SMILES string of the molecule is COc1cccc(Nc2nnc(SCCC(=O)Nc3ccc4c(c3)CCC4)s2)c1. The topological polar surface area (TPSA) is 76.1 Å². The van der Waals surface area contributed by atoms with Crippen molar-refractivity contribution >= 4 is 45.5 Å². The standard InChI is InChI=1S/C21H22N4O2S2/c1-27-18-7-3-6-16(13-18)23-20-24-25-21(29-20)28-11-10-19(26)22-17-9-8-14-4-2-5-15(14)12-17/h3,6-9,12-13H,2,4-5,10-11H2,1H3,(H,22,26)(H,23,24). The number of carbonyl (C=O) groups excluding carboxylic acids is 1. The van der Waals surface area contributed by atoms with E-state index in [1.54, 1.807) is 7.11 Å². The van der Waals surface area contributed by atoms with Crippen LogP contribution in [0.3, 0.4) is 0 Å². The molecule has 2 aromatic carbocycles. The highest BCUT2D eigenvalue weighted by Gasteiger charge is 2.12. The van der Waals surface area contributed by atoms with Crippen molar-refractivity contribution < 1.29 is 9.53 Å². The highest BCUT2D eigenvalue weighted by Crippen LogP contribution is 2.29. The summed E-state index contributed by atoms with van der Waals surface area (Å²) in [7, 11) is 1.64. The van der Waals surface area contributed by atoms with Gasteiger partial charge in [0.25, 0.3) is 0 Å². The molecular formula is C21H22N4O2S2. The van der Waals surface area contributed by atoms with Gasteiger partial charge in [-0.25, -0.2) is 0 Å². The lowest BCUT2D eigenvalue weighted by atomic mass is 10.1. The van der Waals surface area contributed by atoms with Crippen LogP contribution in [0.4, 0.5) is 16.5 Å². The fourth-order valence-electron chi connectivity index (χ4n) is 3.25. The zero-order valence-corrected chi connectivity index (χ0v) is 17.7. The molecule has 0 aliphatic heterocycles. The molecule has 1 aliphatic carbocycles. The van der Waals surface area contributed by atoms with E-state index in [0.29, 0.717) is 17.3 Å². The summed E-state index contributed by atoms with van der Waals surface area (Å²) in [6, 6.07) is 13.9. The number of anilines is 3.